The summed E-state index contributed by atoms with van der Waals surface area (Å²) in [5.74, 6) is 0.466. The lowest BCUT2D eigenvalue weighted by Gasteiger charge is -2.12. The van der Waals surface area contributed by atoms with Crippen LogP contribution in [0.4, 0.5) is 10.1 Å². The number of anilines is 1. The van der Waals surface area contributed by atoms with Gasteiger partial charge in [-0.05, 0) is 24.1 Å². The maximum Gasteiger partial charge on any atom is 0.274 e. The van der Waals surface area contributed by atoms with E-state index in [2.05, 4.69) is 9.97 Å². The number of rotatable bonds is 4. The maximum atomic E-state index is 14.4. The number of nitrogens with two attached hydrogens (primary N) is 1. The van der Waals surface area contributed by atoms with Crippen LogP contribution in [0.25, 0.3) is 11.0 Å². The molecular weight excluding hydrogens is 295 g/mol. The molecule has 0 spiro atoms. The van der Waals surface area contributed by atoms with Crippen LogP contribution >= 0.6 is 0 Å². The molecule has 6 heteroatoms. The van der Waals surface area contributed by atoms with Gasteiger partial charge < -0.3 is 15.3 Å². The van der Waals surface area contributed by atoms with Crippen LogP contribution in [0, 0.1) is 5.92 Å². The average molecular weight is 314 g/mol. The van der Waals surface area contributed by atoms with E-state index in [4.69, 9.17) is 5.73 Å². The van der Waals surface area contributed by atoms with Crippen LogP contribution in [0.1, 0.15) is 31.4 Å². The molecule has 0 saturated heterocycles. The number of nitrogens with zero attached hydrogens (tertiary/aromatic N) is 2. The average Bonchev–Trinajstić information content (AvgIpc) is 2.93. The van der Waals surface area contributed by atoms with Gasteiger partial charge in [0.2, 0.25) is 0 Å². The summed E-state index contributed by atoms with van der Waals surface area (Å²) in [5, 5.41) is 0. The summed E-state index contributed by atoms with van der Waals surface area (Å²) in [5.41, 5.74) is 7.50. The van der Waals surface area contributed by atoms with Crippen LogP contribution in [0.3, 0.4) is 0 Å². The highest BCUT2D eigenvalue weighted by molar-refractivity contribution is 5.79. The Labute approximate surface area is 133 Å². The second kappa shape index (κ2) is 5.87. The van der Waals surface area contributed by atoms with E-state index in [1.807, 2.05) is 19.9 Å². The molecule has 120 valence electrons. The third-order valence-electron chi connectivity index (χ3n) is 3.85. The molecule has 0 amide bonds. The van der Waals surface area contributed by atoms with Gasteiger partial charge in [0, 0.05) is 11.8 Å². The Kier molecular flexibility index (Phi) is 3.90. The molecule has 1 unspecified atom stereocenters. The molecule has 0 fully saturated rings. The molecule has 0 aliphatic carbocycles. The van der Waals surface area contributed by atoms with Crippen LogP contribution in [0.5, 0.6) is 0 Å². The van der Waals surface area contributed by atoms with Gasteiger partial charge in [0.05, 0.1) is 23.3 Å². The molecule has 23 heavy (non-hydrogen) atoms. The number of aromatic nitrogens is 3. The largest absolute Gasteiger partial charge is 0.394 e. The minimum atomic E-state index is -1.08. The maximum absolute atomic E-state index is 14.4. The summed E-state index contributed by atoms with van der Waals surface area (Å²) in [7, 11) is 0. The second-order valence-electron chi connectivity index (χ2n) is 5.97. The number of alkyl halides is 1. The smallest absolute Gasteiger partial charge is 0.274 e. The minimum Gasteiger partial charge on any atom is -0.394 e. The zero-order chi connectivity index (χ0) is 16.6. The topological polar surface area (TPSA) is 76.7 Å². The summed E-state index contributed by atoms with van der Waals surface area (Å²) >= 11 is 0. The number of halogens is 1. The van der Waals surface area contributed by atoms with Crippen LogP contribution in [0.2, 0.25) is 0 Å². The van der Waals surface area contributed by atoms with Gasteiger partial charge in [-0.1, -0.05) is 26.0 Å². The predicted molar refractivity (Wildman–Crippen MR) is 89.0 cm³/mol. The molecule has 5 nitrogen and oxygen atoms in total. The van der Waals surface area contributed by atoms with E-state index >= 15 is 0 Å². The Bertz CT molecular complexity index is 897. The fourth-order valence-electron chi connectivity index (χ4n) is 2.60. The lowest BCUT2D eigenvalue weighted by molar-refractivity contribution is 0.263. The Morgan fingerprint density at radius 1 is 1.30 bits per heavy atom. The van der Waals surface area contributed by atoms with Gasteiger partial charge in [0.25, 0.3) is 5.56 Å². The Morgan fingerprint density at radius 3 is 2.83 bits per heavy atom. The van der Waals surface area contributed by atoms with Crippen LogP contribution in [-0.4, -0.2) is 14.5 Å². The number of imidazole rings is 1. The Hall–Kier alpha value is -2.63. The van der Waals surface area contributed by atoms with E-state index in [-0.39, 0.29) is 23.7 Å². The van der Waals surface area contributed by atoms with E-state index in [0.29, 0.717) is 16.9 Å². The number of para-hydroxylation sites is 1. The highest BCUT2D eigenvalue weighted by atomic mass is 19.1. The molecule has 0 saturated carbocycles. The fraction of sp³-hybridized carbons (Fsp3) is 0.294. The van der Waals surface area contributed by atoms with E-state index < -0.39 is 6.17 Å². The standard InChI is InChI=1S/C17H19FN4O/c1-10(2)15(18)11-5-3-7-13-16(11)21-14(20-13)9-22-8-4-6-12(19)17(22)23/h3-8,10,15H,9,19H2,1-2H3,(H,20,21). The van der Waals surface area contributed by atoms with Crippen molar-refractivity contribution >= 4 is 16.7 Å². The Morgan fingerprint density at radius 2 is 2.09 bits per heavy atom. The monoisotopic (exact) mass is 314 g/mol. The van der Waals surface area contributed by atoms with Crippen molar-refractivity contribution in [1.29, 1.82) is 0 Å². The van der Waals surface area contributed by atoms with E-state index in [1.165, 1.54) is 4.57 Å². The highest BCUT2D eigenvalue weighted by Crippen LogP contribution is 2.30. The summed E-state index contributed by atoms with van der Waals surface area (Å²) in [6.07, 6.45) is 0.573. The summed E-state index contributed by atoms with van der Waals surface area (Å²) < 4.78 is 15.9. The molecule has 0 radical (unpaired) electrons. The third kappa shape index (κ3) is 2.84. The number of hydrogen-bond acceptors (Lipinski definition) is 3. The van der Waals surface area contributed by atoms with Crippen molar-refractivity contribution in [3.05, 3.63) is 58.3 Å². The SMILES string of the molecule is CC(C)C(F)c1cccc2[nH]c(Cn3cccc(N)c3=O)nc12. The molecule has 2 aromatic heterocycles. The summed E-state index contributed by atoms with van der Waals surface area (Å²) in [6.45, 7) is 3.93. The van der Waals surface area contributed by atoms with Crippen molar-refractivity contribution in [3.63, 3.8) is 0 Å². The second-order valence-corrected chi connectivity index (χ2v) is 5.97. The first-order valence-corrected chi connectivity index (χ1v) is 7.54. The zero-order valence-corrected chi connectivity index (χ0v) is 13.1. The number of hydrogen-bond donors (Lipinski definition) is 2. The molecule has 3 N–H and O–H groups in total. The molecule has 2 heterocycles. The van der Waals surface area contributed by atoms with Gasteiger partial charge in [-0.25, -0.2) is 9.37 Å². The van der Waals surface area contributed by atoms with Gasteiger partial charge >= 0.3 is 0 Å². The van der Waals surface area contributed by atoms with Crippen molar-refractivity contribution in [1.82, 2.24) is 14.5 Å². The first kappa shape index (κ1) is 15.3. The Balaban J connectivity index is 2.02. The van der Waals surface area contributed by atoms with Crippen LogP contribution in [-0.2, 0) is 6.54 Å². The number of fused-ring (bicyclic) bond motifs is 1. The lowest BCUT2D eigenvalue weighted by atomic mass is 9.99. The molecule has 1 atom stereocenters. The first-order chi connectivity index (χ1) is 11.0. The molecule has 3 aromatic rings. The molecule has 0 aliphatic rings. The van der Waals surface area contributed by atoms with Crippen LogP contribution < -0.4 is 11.3 Å². The molecule has 1 aromatic carbocycles. The number of nitrogens with one attached hydrogen (secondary N) is 1. The van der Waals surface area contributed by atoms with Gasteiger partial charge in [-0.2, -0.15) is 0 Å². The molecule has 0 bridgehead atoms. The van der Waals surface area contributed by atoms with Crippen molar-refractivity contribution in [2.75, 3.05) is 5.73 Å². The van der Waals surface area contributed by atoms with Crippen LogP contribution in [0.15, 0.2) is 41.3 Å². The normalized spacial score (nSPS) is 12.9. The zero-order valence-electron chi connectivity index (χ0n) is 13.1. The number of pyridine rings is 1. The van der Waals surface area contributed by atoms with Gasteiger partial charge in [0.1, 0.15) is 12.0 Å². The van der Waals surface area contributed by atoms with E-state index in [0.717, 1.165) is 5.52 Å². The van der Waals surface area contributed by atoms with E-state index in [1.54, 1.807) is 30.5 Å². The summed E-state index contributed by atoms with van der Waals surface area (Å²) in [4.78, 5) is 19.6. The first-order valence-electron chi connectivity index (χ1n) is 7.54. The van der Waals surface area contributed by atoms with Gasteiger partial charge in [0.15, 0.2) is 0 Å². The molecule has 3 rings (SSSR count). The van der Waals surface area contributed by atoms with Crippen molar-refractivity contribution in [2.45, 2.75) is 26.6 Å². The number of aromatic amines is 1. The fourth-order valence-corrected chi connectivity index (χ4v) is 2.60. The highest BCUT2D eigenvalue weighted by Gasteiger charge is 2.19. The predicted octanol–water partition coefficient (Wildman–Crippen LogP) is 3.02. The number of benzene rings is 1. The quantitative estimate of drug-likeness (QED) is 0.777. The molecule has 0 aliphatic heterocycles. The van der Waals surface area contributed by atoms with Crippen molar-refractivity contribution in [2.24, 2.45) is 5.92 Å². The third-order valence-corrected chi connectivity index (χ3v) is 3.85. The molecular formula is C17H19FN4O. The van der Waals surface area contributed by atoms with E-state index in [9.17, 15) is 9.18 Å². The number of H-pyrrole nitrogens is 1. The number of nitrogen functional groups attached to an aromatic ring is 1. The van der Waals surface area contributed by atoms with Crippen molar-refractivity contribution in [3.8, 4) is 0 Å². The lowest BCUT2D eigenvalue weighted by Crippen LogP contribution is -2.22. The van der Waals surface area contributed by atoms with Gasteiger partial charge in [-0.15, -0.1) is 0 Å². The summed E-state index contributed by atoms with van der Waals surface area (Å²) in [6, 6.07) is 8.68. The van der Waals surface area contributed by atoms with Gasteiger partial charge in [-0.3, -0.25) is 4.79 Å². The van der Waals surface area contributed by atoms with Crippen molar-refractivity contribution < 1.29 is 4.39 Å². The minimum absolute atomic E-state index is 0.128.